The van der Waals surface area contributed by atoms with Crippen molar-refractivity contribution in [1.29, 1.82) is 0 Å². The Hall–Kier alpha value is -2.71. The third-order valence-electron chi connectivity index (χ3n) is 4.69. The molecule has 9 heteroatoms. The first-order valence-electron chi connectivity index (χ1n) is 8.89. The number of fused-ring (bicyclic) bond motifs is 1. The summed E-state index contributed by atoms with van der Waals surface area (Å²) in [7, 11) is -4.24. The minimum absolute atomic E-state index is 0.0232. The number of rotatable bonds is 3. The second-order valence-electron chi connectivity index (χ2n) is 6.64. The molecule has 1 aliphatic rings. The van der Waals surface area contributed by atoms with Crippen LogP contribution in [0.4, 0.5) is 18.9 Å². The molecule has 0 unspecified atom stereocenters. The van der Waals surface area contributed by atoms with E-state index in [0.29, 0.717) is 22.4 Å². The van der Waals surface area contributed by atoms with E-state index in [2.05, 4.69) is 0 Å². The quantitative estimate of drug-likeness (QED) is 0.517. The van der Waals surface area contributed by atoms with Gasteiger partial charge in [-0.3, -0.25) is 4.31 Å². The normalized spacial score (nSPS) is 14.2. The molecular weight excluding hydrogens is 439 g/mol. The van der Waals surface area contributed by atoms with Gasteiger partial charge in [0.15, 0.2) is 0 Å². The highest BCUT2D eigenvalue weighted by Crippen LogP contribution is 2.39. The standard InChI is InChI=1S/C21H15ClF3NO3S/c22-17-5-1-3-14(11-17)15-7-8-20-19(12-15)26(9-10-29-20)30(27,28)18-6-2-4-16(13-18)21(23,24)25/h1-8,11-13H,9-10H2. The molecule has 4 rings (SSSR count). The number of hydrogen-bond acceptors (Lipinski definition) is 3. The van der Waals surface area contributed by atoms with E-state index in [1.54, 1.807) is 36.4 Å². The zero-order valence-corrected chi connectivity index (χ0v) is 16.9. The SMILES string of the molecule is O=S(=O)(c1cccc(C(F)(F)F)c1)N1CCOc2ccc(-c3cccc(Cl)c3)cc21. The van der Waals surface area contributed by atoms with Gasteiger partial charge < -0.3 is 4.74 Å². The second-order valence-corrected chi connectivity index (χ2v) is 8.94. The Bertz CT molecular complexity index is 1210. The predicted octanol–water partition coefficient (Wildman–Crippen LogP) is 5.61. The Balaban J connectivity index is 1.80. The molecule has 0 amide bonds. The van der Waals surface area contributed by atoms with Crippen LogP contribution in [0.5, 0.6) is 5.75 Å². The van der Waals surface area contributed by atoms with Gasteiger partial charge in [-0.15, -0.1) is 0 Å². The molecule has 3 aromatic rings. The van der Waals surface area contributed by atoms with Crippen LogP contribution in [-0.2, 0) is 16.2 Å². The molecule has 0 aromatic heterocycles. The van der Waals surface area contributed by atoms with E-state index in [1.165, 1.54) is 0 Å². The lowest BCUT2D eigenvalue weighted by molar-refractivity contribution is -0.137. The van der Waals surface area contributed by atoms with Crippen molar-refractivity contribution in [2.24, 2.45) is 0 Å². The van der Waals surface area contributed by atoms with Gasteiger partial charge >= 0.3 is 6.18 Å². The van der Waals surface area contributed by atoms with Crippen molar-refractivity contribution in [3.63, 3.8) is 0 Å². The number of anilines is 1. The lowest BCUT2D eigenvalue weighted by Gasteiger charge is -2.31. The summed E-state index contributed by atoms with van der Waals surface area (Å²) >= 11 is 6.05. The Labute approximate surface area is 176 Å². The van der Waals surface area contributed by atoms with Crippen molar-refractivity contribution < 1.29 is 26.3 Å². The number of nitrogens with zero attached hydrogens (tertiary/aromatic N) is 1. The number of sulfonamides is 1. The number of hydrogen-bond donors (Lipinski definition) is 0. The second kappa shape index (κ2) is 7.52. The fourth-order valence-corrected chi connectivity index (χ4v) is 4.94. The van der Waals surface area contributed by atoms with Crippen molar-refractivity contribution in [3.05, 3.63) is 77.3 Å². The maximum absolute atomic E-state index is 13.2. The van der Waals surface area contributed by atoms with Crippen molar-refractivity contribution >= 4 is 27.3 Å². The van der Waals surface area contributed by atoms with Crippen LogP contribution in [0.3, 0.4) is 0 Å². The van der Waals surface area contributed by atoms with Crippen LogP contribution in [0.15, 0.2) is 71.6 Å². The van der Waals surface area contributed by atoms with Crippen LogP contribution in [0.2, 0.25) is 5.02 Å². The smallest absolute Gasteiger partial charge is 0.416 e. The third kappa shape index (κ3) is 3.85. The molecule has 0 atom stereocenters. The summed E-state index contributed by atoms with van der Waals surface area (Å²) < 4.78 is 72.3. The minimum Gasteiger partial charge on any atom is -0.489 e. The van der Waals surface area contributed by atoms with E-state index in [1.807, 2.05) is 6.07 Å². The lowest BCUT2D eigenvalue weighted by Crippen LogP contribution is -2.38. The molecule has 4 nitrogen and oxygen atoms in total. The average molecular weight is 454 g/mol. The summed E-state index contributed by atoms with van der Waals surface area (Å²) in [6.45, 7) is 0.0618. The van der Waals surface area contributed by atoms with Crippen molar-refractivity contribution in [1.82, 2.24) is 0 Å². The molecule has 0 spiro atoms. The maximum Gasteiger partial charge on any atom is 0.416 e. The number of benzene rings is 3. The monoisotopic (exact) mass is 453 g/mol. The highest BCUT2D eigenvalue weighted by atomic mass is 35.5. The van der Waals surface area contributed by atoms with Gasteiger partial charge in [0.05, 0.1) is 22.7 Å². The van der Waals surface area contributed by atoms with Gasteiger partial charge in [-0.05, 0) is 53.6 Å². The van der Waals surface area contributed by atoms with E-state index in [4.69, 9.17) is 16.3 Å². The molecule has 0 saturated carbocycles. The van der Waals surface area contributed by atoms with Crippen molar-refractivity contribution in [2.75, 3.05) is 17.5 Å². The van der Waals surface area contributed by atoms with Gasteiger partial charge in [0, 0.05) is 5.02 Å². The number of alkyl halides is 3. The molecule has 0 radical (unpaired) electrons. The average Bonchev–Trinajstić information content (AvgIpc) is 2.72. The topological polar surface area (TPSA) is 46.6 Å². The van der Waals surface area contributed by atoms with E-state index in [0.717, 1.165) is 28.1 Å². The molecule has 30 heavy (non-hydrogen) atoms. The Morgan fingerprint density at radius 1 is 0.933 bits per heavy atom. The first-order chi connectivity index (χ1) is 14.2. The van der Waals surface area contributed by atoms with Gasteiger partial charge in [0.1, 0.15) is 12.4 Å². The van der Waals surface area contributed by atoms with E-state index in [-0.39, 0.29) is 18.8 Å². The summed E-state index contributed by atoms with van der Waals surface area (Å²) in [5.41, 5.74) is 0.708. The van der Waals surface area contributed by atoms with Gasteiger partial charge in [-0.1, -0.05) is 35.9 Å². The fourth-order valence-electron chi connectivity index (χ4n) is 3.25. The molecule has 1 aliphatic heterocycles. The van der Waals surface area contributed by atoms with Crippen LogP contribution in [0.1, 0.15) is 5.56 Å². The molecule has 0 bridgehead atoms. The van der Waals surface area contributed by atoms with Gasteiger partial charge in [0.25, 0.3) is 10.0 Å². The Kier molecular flexibility index (Phi) is 5.15. The van der Waals surface area contributed by atoms with Gasteiger partial charge in [-0.25, -0.2) is 8.42 Å². The lowest BCUT2D eigenvalue weighted by atomic mass is 10.0. The third-order valence-corrected chi connectivity index (χ3v) is 6.73. The Morgan fingerprint density at radius 3 is 2.40 bits per heavy atom. The summed E-state index contributed by atoms with van der Waals surface area (Å²) in [6, 6.07) is 15.8. The zero-order chi connectivity index (χ0) is 21.5. The zero-order valence-electron chi connectivity index (χ0n) is 15.4. The Morgan fingerprint density at radius 2 is 1.67 bits per heavy atom. The summed E-state index contributed by atoms with van der Waals surface area (Å²) in [4.78, 5) is -0.432. The minimum atomic E-state index is -4.64. The molecule has 0 fully saturated rings. The van der Waals surface area contributed by atoms with Crippen LogP contribution in [-0.4, -0.2) is 21.6 Å². The van der Waals surface area contributed by atoms with Gasteiger partial charge in [-0.2, -0.15) is 13.2 Å². The highest BCUT2D eigenvalue weighted by molar-refractivity contribution is 7.92. The molecule has 0 aliphatic carbocycles. The van der Waals surface area contributed by atoms with E-state index >= 15 is 0 Å². The molecule has 0 saturated heterocycles. The van der Waals surface area contributed by atoms with Crippen LogP contribution >= 0.6 is 11.6 Å². The van der Waals surface area contributed by atoms with Crippen molar-refractivity contribution in [3.8, 4) is 16.9 Å². The number of ether oxygens (including phenoxy) is 1. The largest absolute Gasteiger partial charge is 0.489 e. The van der Waals surface area contributed by atoms with Crippen LogP contribution < -0.4 is 9.04 Å². The van der Waals surface area contributed by atoms with E-state index in [9.17, 15) is 21.6 Å². The van der Waals surface area contributed by atoms with Crippen LogP contribution in [0.25, 0.3) is 11.1 Å². The predicted molar refractivity (Wildman–Crippen MR) is 108 cm³/mol. The maximum atomic E-state index is 13.2. The van der Waals surface area contributed by atoms with E-state index < -0.39 is 26.7 Å². The number of halogens is 4. The highest BCUT2D eigenvalue weighted by Gasteiger charge is 2.34. The summed E-state index contributed by atoms with van der Waals surface area (Å²) in [6.07, 6.45) is -4.64. The fraction of sp³-hybridized carbons (Fsp3) is 0.143. The first kappa shape index (κ1) is 20.6. The van der Waals surface area contributed by atoms with Gasteiger partial charge in [0.2, 0.25) is 0 Å². The molecular formula is C21H15ClF3NO3S. The molecule has 0 N–H and O–H groups in total. The summed E-state index contributed by atoms with van der Waals surface area (Å²) in [5, 5.41) is 0.523. The van der Waals surface area contributed by atoms with Crippen molar-refractivity contribution in [2.45, 2.75) is 11.1 Å². The first-order valence-corrected chi connectivity index (χ1v) is 10.7. The molecule has 156 valence electrons. The molecule has 3 aromatic carbocycles. The molecule has 1 heterocycles. The summed E-state index contributed by atoms with van der Waals surface area (Å²) in [5.74, 6) is 0.336. The van der Waals surface area contributed by atoms with Crippen LogP contribution in [0, 0.1) is 0 Å².